The first kappa shape index (κ1) is 37.5. The average molecular weight is 142 g/mol. The van der Waals surface area contributed by atoms with E-state index in [-0.39, 0.29) is 30.9 Å². The van der Waals surface area contributed by atoms with Crippen LogP contribution in [0, 0.1) is 0 Å². The van der Waals surface area contributed by atoms with Crippen molar-refractivity contribution in [3.8, 4) is 0 Å². The Bertz CT molecular complexity index is 38.0. The Hall–Kier alpha value is -0.270. The molecule has 0 radical (unpaired) electrons. The van der Waals surface area contributed by atoms with Crippen LogP contribution in [0.25, 0.3) is 0 Å². The molecule has 58 valence electrons. The Labute approximate surface area is 53.8 Å². The molecule has 0 spiro atoms. The summed E-state index contributed by atoms with van der Waals surface area (Å²) in [5, 5.41) is 15.1. The van der Waals surface area contributed by atoms with Crippen LogP contribution in [0.15, 0.2) is 0 Å². The van der Waals surface area contributed by atoms with Crippen molar-refractivity contribution in [3.05, 3.63) is 0 Å². The molecule has 0 amide bonds. The van der Waals surface area contributed by atoms with E-state index >= 15 is 0 Å². The molecule has 6 nitrogen and oxygen atoms in total. The van der Waals surface area contributed by atoms with Crippen molar-refractivity contribution in [2.75, 3.05) is 0 Å². The van der Waals surface area contributed by atoms with Crippen molar-refractivity contribution in [3.63, 3.8) is 0 Å². The molecule has 0 unspecified atom stereocenters. The minimum atomic E-state index is -1.80. The molecule has 0 atom stereocenters. The Kier molecular flexibility index (Phi) is 105. The summed E-state index contributed by atoms with van der Waals surface area (Å²) in [4.78, 5) is 0. The molecule has 0 aliphatic rings. The zero-order chi connectivity index (χ0) is 4.28. The van der Waals surface area contributed by atoms with Crippen molar-refractivity contribution < 1.29 is 31.2 Å². The molecule has 0 bridgehead atoms. The number of hydrogen-bond acceptors (Lipinski definition) is 3. The first-order valence-corrected chi connectivity index (χ1v) is 1.09. The van der Waals surface area contributed by atoms with E-state index in [1.807, 2.05) is 0 Å². The van der Waals surface area contributed by atoms with Crippen LogP contribution >= 0.6 is 0 Å². The van der Waals surface area contributed by atoms with Gasteiger partial charge in [-0.05, 0) is 0 Å². The fourth-order valence-corrected chi connectivity index (χ4v) is 0. The van der Waals surface area contributed by atoms with Gasteiger partial charge in [-0.3, -0.25) is 0 Å². The Morgan fingerprint density at radius 2 is 1.22 bits per heavy atom. The molecule has 0 aliphatic carbocycles. The molecule has 0 rings (SSSR count). The standard InChI is InChI=1S/CH4.B2H2O3.3H2O/c;3-1-2(4)5;;;/h1H4;4-5H;3*1H2. The molecule has 9 heavy (non-hydrogen) atoms. The van der Waals surface area contributed by atoms with Gasteiger partial charge in [0.2, 0.25) is 0 Å². The third-order valence-electron chi connectivity index (χ3n) is 0.122. The molecule has 0 aromatic carbocycles. The summed E-state index contributed by atoms with van der Waals surface area (Å²) in [5.74, 6) is 0. The molecule has 8 heteroatoms. The van der Waals surface area contributed by atoms with E-state index in [9.17, 15) is 0 Å². The zero-order valence-corrected chi connectivity index (χ0v) is 3.96. The van der Waals surface area contributed by atoms with Crippen LogP contribution in [0.3, 0.4) is 0 Å². The zero-order valence-electron chi connectivity index (χ0n) is 3.96. The van der Waals surface area contributed by atoms with Gasteiger partial charge in [0.1, 0.15) is 0 Å². The first-order valence-electron chi connectivity index (χ1n) is 1.09. The fourth-order valence-electron chi connectivity index (χ4n) is 0. The quantitative estimate of drug-likeness (QED) is 0.360. The van der Waals surface area contributed by atoms with E-state index < -0.39 is 7.01 Å². The third kappa shape index (κ3) is 84.8. The Balaban J connectivity index is -0.0000000133. The van der Waals surface area contributed by atoms with Gasteiger partial charge in [0.25, 0.3) is 0 Å². The van der Waals surface area contributed by atoms with Crippen molar-refractivity contribution in [2.24, 2.45) is 0 Å². The number of hydrogen-bond donors (Lipinski definition) is 2. The molecular formula is CH12B2O6. The normalized spacial score (nSPS) is 3.33. The van der Waals surface area contributed by atoms with Crippen LogP contribution in [-0.2, 0) is 4.70 Å². The van der Waals surface area contributed by atoms with Crippen molar-refractivity contribution in [1.29, 1.82) is 0 Å². The second-order valence-electron chi connectivity index (χ2n) is 0.550. The number of rotatable bonds is 1. The molecule has 0 fully saturated rings. The predicted octanol–water partition coefficient (Wildman–Crippen LogP) is -3.83. The summed E-state index contributed by atoms with van der Waals surface area (Å²) in [7, 11) is -1.77. The van der Waals surface area contributed by atoms with Gasteiger partial charge in [-0.15, -0.1) is 0 Å². The first-order chi connectivity index (χ1) is 2.27. The maximum atomic E-state index is 9.00. The summed E-state index contributed by atoms with van der Waals surface area (Å²) in [6, 6.07) is 0. The van der Waals surface area contributed by atoms with Crippen molar-refractivity contribution >= 4 is 14.0 Å². The van der Waals surface area contributed by atoms with E-state index in [0.717, 1.165) is 0 Å². The molecule has 0 heterocycles. The second-order valence-corrected chi connectivity index (χ2v) is 0.550. The van der Waals surface area contributed by atoms with Gasteiger partial charge in [0.15, 0.2) is 0 Å². The van der Waals surface area contributed by atoms with Crippen molar-refractivity contribution in [1.82, 2.24) is 0 Å². The molecule has 0 aliphatic heterocycles. The Morgan fingerprint density at radius 1 is 1.11 bits per heavy atom. The van der Waals surface area contributed by atoms with Crippen LogP contribution in [0.2, 0.25) is 0 Å². The van der Waals surface area contributed by atoms with E-state index in [1.54, 1.807) is 0 Å². The molecular weight excluding hydrogens is 130 g/mol. The van der Waals surface area contributed by atoms with Gasteiger partial charge in [0, 0.05) is 0 Å². The molecule has 0 saturated carbocycles. The van der Waals surface area contributed by atoms with Gasteiger partial charge in [-0.25, -0.2) is 0 Å². The predicted molar refractivity (Wildman–Crippen MR) is 34.2 cm³/mol. The summed E-state index contributed by atoms with van der Waals surface area (Å²) < 4.78 is 9.00. The SMILES string of the molecule is C.O.O.O.O=BB(O)O. The van der Waals surface area contributed by atoms with Crippen LogP contribution in [0.4, 0.5) is 0 Å². The summed E-state index contributed by atoms with van der Waals surface area (Å²) >= 11 is 0. The minimum absolute atomic E-state index is 0. The molecule has 8 N–H and O–H groups in total. The average Bonchev–Trinajstić information content (AvgIpc) is 1.38. The van der Waals surface area contributed by atoms with Crippen LogP contribution < -0.4 is 0 Å². The molecule has 0 aromatic rings. The molecule has 0 saturated heterocycles. The van der Waals surface area contributed by atoms with Gasteiger partial charge in [0.05, 0.1) is 0 Å². The monoisotopic (exact) mass is 142 g/mol. The van der Waals surface area contributed by atoms with E-state index in [4.69, 9.17) is 14.8 Å². The van der Waals surface area contributed by atoms with E-state index in [0.29, 0.717) is 0 Å². The van der Waals surface area contributed by atoms with E-state index in [1.165, 1.54) is 0 Å². The fraction of sp³-hybridized carbons (Fsp3) is 1.00. The van der Waals surface area contributed by atoms with E-state index in [2.05, 4.69) is 0 Å². The second kappa shape index (κ2) is 25.2. The Morgan fingerprint density at radius 3 is 1.22 bits per heavy atom. The van der Waals surface area contributed by atoms with Gasteiger partial charge < -0.3 is 16.4 Å². The third-order valence-corrected chi connectivity index (χ3v) is 0.122. The van der Waals surface area contributed by atoms with Crippen LogP contribution in [0.1, 0.15) is 7.43 Å². The van der Waals surface area contributed by atoms with Gasteiger partial charge in [-0.2, -0.15) is 0 Å². The van der Waals surface area contributed by atoms with Gasteiger partial charge in [-0.1, -0.05) is 7.43 Å². The van der Waals surface area contributed by atoms with Crippen molar-refractivity contribution in [2.45, 2.75) is 7.43 Å². The summed E-state index contributed by atoms with van der Waals surface area (Å²) in [6.07, 6.45) is 0. The van der Waals surface area contributed by atoms with Gasteiger partial charge >= 0.3 is 28.8 Å². The molecule has 0 aromatic heterocycles. The summed E-state index contributed by atoms with van der Waals surface area (Å²) in [5.41, 5.74) is 0. The summed E-state index contributed by atoms with van der Waals surface area (Å²) in [6.45, 7) is 0. The van der Waals surface area contributed by atoms with Crippen LogP contribution in [0.5, 0.6) is 0 Å². The maximum absolute atomic E-state index is 9.00. The van der Waals surface area contributed by atoms with Crippen LogP contribution in [-0.4, -0.2) is 40.5 Å². The topological polar surface area (TPSA) is 152 Å².